The molecular formula is C28H28BrN3O6S. The molecule has 204 valence electrons. The predicted octanol–water partition coefficient (Wildman–Crippen LogP) is 3.61. The monoisotopic (exact) mass is 613 g/mol. The number of amides is 1. The molecule has 3 aromatic rings. The summed E-state index contributed by atoms with van der Waals surface area (Å²) in [5, 5.41) is 0. The Labute approximate surface area is 237 Å². The topological polar surface area (TPSA) is 91.6 Å². The SMILES string of the molecule is CCN(CC)C(=O)C1=C(C)N=c2s/c(=C/c3cc4c(cc3Br)OCO4)c(=O)n2[C@@H]1c1cc(OC)ccc1OC. The van der Waals surface area contributed by atoms with Crippen LogP contribution in [0.3, 0.4) is 0 Å². The van der Waals surface area contributed by atoms with Gasteiger partial charge in [0.15, 0.2) is 16.3 Å². The van der Waals surface area contributed by atoms with Gasteiger partial charge in [0.25, 0.3) is 11.5 Å². The summed E-state index contributed by atoms with van der Waals surface area (Å²) in [5.41, 5.74) is 2.11. The van der Waals surface area contributed by atoms with E-state index in [1.165, 1.54) is 11.3 Å². The van der Waals surface area contributed by atoms with Gasteiger partial charge in [0.2, 0.25) is 6.79 Å². The van der Waals surface area contributed by atoms with Crippen LogP contribution < -0.4 is 33.8 Å². The van der Waals surface area contributed by atoms with Gasteiger partial charge < -0.3 is 23.8 Å². The molecule has 2 aliphatic heterocycles. The lowest BCUT2D eigenvalue weighted by Crippen LogP contribution is -2.43. The normalized spacial score (nSPS) is 16.2. The van der Waals surface area contributed by atoms with Crippen LogP contribution in [0.1, 0.15) is 37.9 Å². The van der Waals surface area contributed by atoms with E-state index < -0.39 is 6.04 Å². The van der Waals surface area contributed by atoms with E-state index in [1.54, 1.807) is 41.9 Å². The van der Waals surface area contributed by atoms with Crippen LogP contribution in [0, 0.1) is 0 Å². The zero-order valence-corrected chi connectivity index (χ0v) is 24.6. The van der Waals surface area contributed by atoms with Crippen LogP contribution in [0.4, 0.5) is 0 Å². The van der Waals surface area contributed by atoms with Crippen molar-refractivity contribution in [3.05, 3.63) is 76.9 Å². The average Bonchev–Trinajstić information content (AvgIpc) is 3.51. The lowest BCUT2D eigenvalue weighted by atomic mass is 9.93. The van der Waals surface area contributed by atoms with Crippen molar-refractivity contribution >= 4 is 39.2 Å². The zero-order valence-electron chi connectivity index (χ0n) is 22.2. The van der Waals surface area contributed by atoms with Crippen LogP contribution in [0.5, 0.6) is 23.0 Å². The molecule has 39 heavy (non-hydrogen) atoms. The van der Waals surface area contributed by atoms with E-state index in [2.05, 4.69) is 15.9 Å². The molecule has 0 N–H and O–H groups in total. The number of carbonyl (C=O) groups excluding carboxylic acids is 1. The molecule has 2 aromatic carbocycles. The van der Waals surface area contributed by atoms with Crippen LogP contribution in [-0.4, -0.2) is 49.5 Å². The smallest absolute Gasteiger partial charge is 0.271 e. The fraction of sp³-hybridized carbons (Fsp3) is 0.321. The number of halogens is 1. The number of hydrogen-bond acceptors (Lipinski definition) is 8. The first-order valence-electron chi connectivity index (χ1n) is 12.4. The molecule has 0 saturated heterocycles. The van der Waals surface area contributed by atoms with E-state index in [-0.39, 0.29) is 18.3 Å². The van der Waals surface area contributed by atoms with Gasteiger partial charge in [0.1, 0.15) is 17.5 Å². The maximum atomic E-state index is 14.1. The van der Waals surface area contributed by atoms with Gasteiger partial charge in [-0.2, -0.15) is 0 Å². The third-order valence-corrected chi connectivity index (χ3v) is 8.48. The Kier molecular flexibility index (Phi) is 7.55. The van der Waals surface area contributed by atoms with Crippen molar-refractivity contribution in [3.63, 3.8) is 0 Å². The van der Waals surface area contributed by atoms with Crippen molar-refractivity contribution in [3.8, 4) is 23.0 Å². The van der Waals surface area contributed by atoms with Crippen molar-refractivity contribution in [2.24, 2.45) is 4.99 Å². The Bertz CT molecular complexity index is 1670. The number of ether oxygens (including phenoxy) is 4. The Hall–Kier alpha value is -3.57. The van der Waals surface area contributed by atoms with Gasteiger partial charge >= 0.3 is 0 Å². The molecule has 2 aliphatic rings. The quantitative estimate of drug-likeness (QED) is 0.404. The fourth-order valence-corrected chi connectivity index (χ4v) is 6.28. The second kappa shape index (κ2) is 10.9. The molecular weight excluding hydrogens is 586 g/mol. The third-order valence-electron chi connectivity index (χ3n) is 6.81. The van der Waals surface area contributed by atoms with Gasteiger partial charge in [-0.25, -0.2) is 4.99 Å². The highest BCUT2D eigenvalue weighted by Crippen LogP contribution is 2.39. The molecule has 0 aliphatic carbocycles. The number of nitrogens with zero attached hydrogens (tertiary/aromatic N) is 3. The first kappa shape index (κ1) is 27.0. The summed E-state index contributed by atoms with van der Waals surface area (Å²) in [6, 6.07) is 8.26. The molecule has 1 amide bonds. The largest absolute Gasteiger partial charge is 0.497 e. The Morgan fingerprint density at radius 1 is 1.18 bits per heavy atom. The summed E-state index contributed by atoms with van der Waals surface area (Å²) >= 11 is 4.84. The van der Waals surface area contributed by atoms with Crippen LogP contribution >= 0.6 is 27.3 Å². The molecule has 1 atom stereocenters. The average molecular weight is 615 g/mol. The molecule has 9 nitrogen and oxygen atoms in total. The molecule has 1 aromatic heterocycles. The van der Waals surface area contributed by atoms with E-state index in [1.807, 2.05) is 39.0 Å². The standard InChI is InChI=1S/C28H28BrN3O6S/c1-6-31(7-2)27(34)24-15(3)30-28-32(25(24)18-12-17(35-4)8-9-20(18)36-5)26(33)23(39-28)11-16-10-21-22(13-19(16)29)38-14-37-21/h8-13,25H,6-7,14H2,1-5H3/b23-11+/t25-/m1/s1. The Morgan fingerprint density at radius 3 is 2.56 bits per heavy atom. The highest BCUT2D eigenvalue weighted by molar-refractivity contribution is 9.10. The van der Waals surface area contributed by atoms with E-state index in [9.17, 15) is 9.59 Å². The summed E-state index contributed by atoms with van der Waals surface area (Å²) in [4.78, 5) is 34.9. The number of aromatic nitrogens is 1. The van der Waals surface area contributed by atoms with E-state index in [0.29, 0.717) is 62.3 Å². The first-order valence-corrected chi connectivity index (χ1v) is 14.0. The van der Waals surface area contributed by atoms with Crippen molar-refractivity contribution < 1.29 is 23.7 Å². The number of carbonyl (C=O) groups is 1. The van der Waals surface area contributed by atoms with Crippen LogP contribution in [0.15, 0.2) is 55.9 Å². The molecule has 0 radical (unpaired) electrons. The lowest BCUT2D eigenvalue weighted by molar-refractivity contribution is -0.127. The van der Waals surface area contributed by atoms with Crippen molar-refractivity contribution in [2.75, 3.05) is 34.1 Å². The minimum atomic E-state index is -0.762. The van der Waals surface area contributed by atoms with Crippen LogP contribution in [-0.2, 0) is 4.79 Å². The van der Waals surface area contributed by atoms with Crippen molar-refractivity contribution in [1.29, 1.82) is 0 Å². The van der Waals surface area contributed by atoms with Gasteiger partial charge in [-0.1, -0.05) is 27.3 Å². The van der Waals surface area contributed by atoms with E-state index in [0.717, 1.165) is 10.0 Å². The second-order valence-corrected chi connectivity index (χ2v) is 10.8. The summed E-state index contributed by atoms with van der Waals surface area (Å²) in [6.45, 7) is 6.86. The molecule has 11 heteroatoms. The maximum absolute atomic E-state index is 14.1. The number of methoxy groups -OCH3 is 2. The van der Waals surface area contributed by atoms with Crippen molar-refractivity contribution in [2.45, 2.75) is 26.8 Å². The zero-order chi connectivity index (χ0) is 27.8. The van der Waals surface area contributed by atoms with Gasteiger partial charge in [0, 0.05) is 23.1 Å². The Morgan fingerprint density at radius 2 is 1.90 bits per heavy atom. The highest BCUT2D eigenvalue weighted by atomic mass is 79.9. The van der Waals surface area contributed by atoms with Gasteiger partial charge in [-0.15, -0.1) is 0 Å². The minimum absolute atomic E-state index is 0.151. The maximum Gasteiger partial charge on any atom is 0.271 e. The number of benzene rings is 2. The molecule has 0 saturated carbocycles. The van der Waals surface area contributed by atoms with Gasteiger partial charge in [-0.05, 0) is 62.7 Å². The first-order chi connectivity index (χ1) is 18.8. The predicted molar refractivity (Wildman–Crippen MR) is 152 cm³/mol. The molecule has 3 heterocycles. The molecule has 0 unspecified atom stereocenters. The summed E-state index contributed by atoms with van der Waals surface area (Å²) in [5.74, 6) is 2.19. The van der Waals surface area contributed by atoms with E-state index in [4.69, 9.17) is 23.9 Å². The summed E-state index contributed by atoms with van der Waals surface area (Å²) in [7, 11) is 3.14. The molecule has 0 spiro atoms. The second-order valence-electron chi connectivity index (χ2n) is 8.89. The Balaban J connectivity index is 1.77. The van der Waals surface area contributed by atoms with Crippen molar-refractivity contribution in [1.82, 2.24) is 9.47 Å². The number of likely N-dealkylation sites (N-methyl/N-ethyl adjacent to an activating group) is 1. The molecule has 0 bridgehead atoms. The minimum Gasteiger partial charge on any atom is -0.497 e. The van der Waals surface area contributed by atoms with Crippen LogP contribution in [0.25, 0.3) is 6.08 Å². The molecule has 5 rings (SSSR count). The van der Waals surface area contributed by atoms with Gasteiger partial charge in [-0.3, -0.25) is 14.2 Å². The summed E-state index contributed by atoms with van der Waals surface area (Å²) < 4.78 is 25.0. The number of hydrogen-bond donors (Lipinski definition) is 0. The number of fused-ring (bicyclic) bond motifs is 2. The van der Waals surface area contributed by atoms with Gasteiger partial charge in [0.05, 0.1) is 30.0 Å². The number of rotatable bonds is 7. The fourth-order valence-electron chi connectivity index (χ4n) is 4.81. The molecule has 0 fully saturated rings. The highest BCUT2D eigenvalue weighted by Gasteiger charge is 2.36. The number of thiazole rings is 1. The van der Waals surface area contributed by atoms with E-state index >= 15 is 0 Å². The number of allylic oxidation sites excluding steroid dienone is 1. The summed E-state index contributed by atoms with van der Waals surface area (Å²) in [6.07, 6.45) is 1.79. The van der Waals surface area contributed by atoms with Crippen LogP contribution in [0.2, 0.25) is 0 Å². The third kappa shape index (κ3) is 4.74. The lowest BCUT2D eigenvalue weighted by Gasteiger charge is -2.30.